The molecule has 0 N–H and O–H groups in total. The van der Waals surface area contributed by atoms with Gasteiger partial charge in [-0.3, -0.25) is 9.10 Å². The molecule has 3 rings (SSSR count). The molecule has 1 heterocycles. The topological polar surface area (TPSA) is 57.7 Å². The molecule has 0 aromatic heterocycles. The molecule has 5 nitrogen and oxygen atoms in total. The minimum Gasteiger partial charge on any atom is -0.339 e. The van der Waals surface area contributed by atoms with Crippen molar-refractivity contribution in [1.82, 2.24) is 4.90 Å². The van der Waals surface area contributed by atoms with Gasteiger partial charge < -0.3 is 4.90 Å². The lowest BCUT2D eigenvalue weighted by atomic mass is 10.1. The van der Waals surface area contributed by atoms with Crippen LogP contribution in [0.1, 0.15) is 29.6 Å². The Morgan fingerprint density at radius 3 is 2.35 bits per heavy atom. The summed E-state index contributed by atoms with van der Waals surface area (Å²) in [6, 6.07) is 11.3. The van der Waals surface area contributed by atoms with Crippen molar-refractivity contribution in [2.45, 2.75) is 24.2 Å². The summed E-state index contributed by atoms with van der Waals surface area (Å²) in [6.07, 6.45) is 3.05. The first-order chi connectivity index (χ1) is 12.4. The van der Waals surface area contributed by atoms with E-state index in [0.717, 1.165) is 23.6 Å². The van der Waals surface area contributed by atoms with Crippen LogP contribution in [0.2, 0.25) is 0 Å². The van der Waals surface area contributed by atoms with E-state index in [1.807, 2.05) is 0 Å². The molecule has 0 atom stereocenters. The molecule has 138 valence electrons. The summed E-state index contributed by atoms with van der Waals surface area (Å²) in [5.41, 5.74) is 0.708. The summed E-state index contributed by atoms with van der Waals surface area (Å²) in [6.45, 7) is 1.40. The van der Waals surface area contributed by atoms with Gasteiger partial charge in [0.15, 0.2) is 0 Å². The second kappa shape index (κ2) is 7.45. The fraction of sp³-hybridized carbons (Fsp3) is 0.316. The number of anilines is 1. The number of nitrogens with zero attached hydrogens (tertiary/aromatic N) is 2. The predicted octanol–water partition coefficient (Wildman–Crippen LogP) is 3.28. The van der Waals surface area contributed by atoms with Crippen molar-refractivity contribution in [2.75, 3.05) is 24.4 Å². The van der Waals surface area contributed by atoms with Crippen molar-refractivity contribution in [2.24, 2.45) is 0 Å². The van der Waals surface area contributed by atoms with E-state index < -0.39 is 15.8 Å². The average molecular weight is 376 g/mol. The summed E-state index contributed by atoms with van der Waals surface area (Å²) >= 11 is 0. The number of hydrogen-bond acceptors (Lipinski definition) is 3. The number of hydrogen-bond donors (Lipinski definition) is 0. The van der Waals surface area contributed by atoms with Crippen LogP contribution in [-0.4, -0.2) is 39.4 Å². The highest BCUT2D eigenvalue weighted by Gasteiger charge is 2.24. The van der Waals surface area contributed by atoms with Gasteiger partial charge in [0.05, 0.1) is 10.6 Å². The highest BCUT2D eigenvalue weighted by molar-refractivity contribution is 7.92. The van der Waals surface area contributed by atoms with Gasteiger partial charge in [-0.05, 0) is 61.7 Å². The van der Waals surface area contributed by atoms with Gasteiger partial charge in [-0.25, -0.2) is 12.8 Å². The molecule has 2 aromatic rings. The number of carbonyl (C=O) groups excluding carboxylic acids is 1. The molecule has 0 aliphatic carbocycles. The van der Waals surface area contributed by atoms with Crippen LogP contribution < -0.4 is 4.31 Å². The van der Waals surface area contributed by atoms with E-state index in [1.54, 1.807) is 17.0 Å². The van der Waals surface area contributed by atoms with E-state index in [-0.39, 0.29) is 10.8 Å². The SMILES string of the molecule is CN(c1ccc(F)cc1)S(=O)(=O)c1cccc(C(=O)N2CCCCC2)c1. The number of halogens is 1. The molecule has 0 bridgehead atoms. The first-order valence-corrected chi connectivity index (χ1v) is 9.97. The highest BCUT2D eigenvalue weighted by atomic mass is 32.2. The number of benzene rings is 2. The van der Waals surface area contributed by atoms with E-state index in [9.17, 15) is 17.6 Å². The summed E-state index contributed by atoms with van der Waals surface area (Å²) in [5.74, 6) is -0.583. The number of rotatable bonds is 4. The van der Waals surface area contributed by atoms with Gasteiger partial charge in [0, 0.05) is 25.7 Å². The fourth-order valence-corrected chi connectivity index (χ4v) is 4.26. The van der Waals surface area contributed by atoms with Crippen molar-refractivity contribution >= 4 is 21.6 Å². The second-order valence-electron chi connectivity index (χ2n) is 6.33. The van der Waals surface area contributed by atoms with E-state index in [0.29, 0.717) is 24.3 Å². The Balaban J connectivity index is 1.88. The van der Waals surface area contributed by atoms with Crippen LogP contribution >= 0.6 is 0 Å². The van der Waals surface area contributed by atoms with Crippen molar-refractivity contribution in [3.63, 3.8) is 0 Å². The molecule has 0 spiro atoms. The van der Waals surface area contributed by atoms with Crippen LogP contribution in [0.5, 0.6) is 0 Å². The largest absolute Gasteiger partial charge is 0.339 e. The lowest BCUT2D eigenvalue weighted by Gasteiger charge is -2.27. The number of amides is 1. The Hall–Kier alpha value is -2.41. The van der Waals surface area contributed by atoms with Crippen molar-refractivity contribution < 1.29 is 17.6 Å². The monoisotopic (exact) mass is 376 g/mol. The summed E-state index contributed by atoms with van der Waals surface area (Å²) < 4.78 is 39.9. The van der Waals surface area contributed by atoms with E-state index in [2.05, 4.69) is 0 Å². The van der Waals surface area contributed by atoms with Crippen molar-refractivity contribution in [3.05, 3.63) is 59.9 Å². The maximum absolute atomic E-state index is 13.1. The standard InChI is InChI=1S/C19H21FN2O3S/c1-21(17-10-8-16(20)9-11-17)26(24,25)18-7-5-6-15(14-18)19(23)22-12-3-2-4-13-22/h5-11,14H,2-4,12-13H2,1H3. The molecule has 0 radical (unpaired) electrons. The first kappa shape index (κ1) is 18.4. The Morgan fingerprint density at radius 1 is 1.04 bits per heavy atom. The molecule has 1 saturated heterocycles. The first-order valence-electron chi connectivity index (χ1n) is 8.53. The number of piperidine rings is 1. The molecule has 1 aliphatic heterocycles. The van der Waals surface area contributed by atoms with Gasteiger partial charge in [0.2, 0.25) is 0 Å². The van der Waals surface area contributed by atoms with Crippen molar-refractivity contribution in [3.8, 4) is 0 Å². The van der Waals surface area contributed by atoms with E-state index in [4.69, 9.17) is 0 Å². The molecule has 1 amide bonds. The molecular weight excluding hydrogens is 355 g/mol. The molecule has 0 unspecified atom stereocenters. The van der Waals surface area contributed by atoms with Crippen LogP contribution in [0.4, 0.5) is 10.1 Å². The number of sulfonamides is 1. The fourth-order valence-electron chi connectivity index (χ4n) is 3.02. The number of carbonyl (C=O) groups is 1. The Bertz CT molecular complexity index is 891. The van der Waals surface area contributed by atoms with Crippen LogP contribution in [0.25, 0.3) is 0 Å². The third-order valence-corrected chi connectivity index (χ3v) is 6.35. The normalized spacial score (nSPS) is 14.9. The van der Waals surface area contributed by atoms with Gasteiger partial charge in [-0.1, -0.05) is 6.07 Å². The highest BCUT2D eigenvalue weighted by Crippen LogP contribution is 2.23. The van der Waals surface area contributed by atoms with Crippen LogP contribution in [0, 0.1) is 5.82 Å². The second-order valence-corrected chi connectivity index (χ2v) is 8.30. The van der Waals surface area contributed by atoms with Gasteiger partial charge in [0.25, 0.3) is 15.9 Å². The minimum atomic E-state index is -3.85. The van der Waals surface area contributed by atoms with E-state index >= 15 is 0 Å². The summed E-state index contributed by atoms with van der Waals surface area (Å²) in [5, 5.41) is 0. The molecule has 0 saturated carbocycles. The Kier molecular flexibility index (Phi) is 5.27. The zero-order valence-corrected chi connectivity index (χ0v) is 15.4. The smallest absolute Gasteiger partial charge is 0.264 e. The van der Waals surface area contributed by atoms with E-state index in [1.165, 1.54) is 43.4 Å². The number of likely N-dealkylation sites (tertiary alicyclic amines) is 1. The zero-order valence-electron chi connectivity index (χ0n) is 14.6. The third kappa shape index (κ3) is 3.72. The maximum atomic E-state index is 13.1. The molecular formula is C19H21FN2O3S. The molecule has 1 aliphatic rings. The lowest BCUT2D eigenvalue weighted by Crippen LogP contribution is -2.35. The van der Waals surface area contributed by atoms with Crippen LogP contribution in [0.15, 0.2) is 53.4 Å². The average Bonchev–Trinajstić information content (AvgIpc) is 2.68. The third-order valence-electron chi connectivity index (χ3n) is 4.57. The molecule has 26 heavy (non-hydrogen) atoms. The van der Waals surface area contributed by atoms with Gasteiger partial charge in [-0.15, -0.1) is 0 Å². The predicted molar refractivity (Wildman–Crippen MR) is 98.2 cm³/mol. The van der Waals surface area contributed by atoms with Gasteiger partial charge in [-0.2, -0.15) is 0 Å². The Morgan fingerprint density at radius 2 is 1.69 bits per heavy atom. The van der Waals surface area contributed by atoms with Crippen LogP contribution in [-0.2, 0) is 10.0 Å². The zero-order chi connectivity index (χ0) is 18.7. The van der Waals surface area contributed by atoms with Crippen LogP contribution in [0.3, 0.4) is 0 Å². The van der Waals surface area contributed by atoms with Crippen molar-refractivity contribution in [1.29, 1.82) is 0 Å². The quantitative estimate of drug-likeness (QED) is 0.823. The van der Waals surface area contributed by atoms with Gasteiger partial charge in [0.1, 0.15) is 5.82 Å². The maximum Gasteiger partial charge on any atom is 0.264 e. The van der Waals surface area contributed by atoms with Gasteiger partial charge >= 0.3 is 0 Å². The molecule has 1 fully saturated rings. The Labute approximate surface area is 153 Å². The minimum absolute atomic E-state index is 0.0344. The summed E-state index contributed by atoms with van der Waals surface area (Å²) in [7, 11) is -2.45. The molecule has 7 heteroatoms. The molecule has 2 aromatic carbocycles. The summed E-state index contributed by atoms with van der Waals surface area (Å²) in [4.78, 5) is 14.4. The lowest BCUT2D eigenvalue weighted by molar-refractivity contribution is 0.0724.